The van der Waals surface area contributed by atoms with Gasteiger partial charge in [0, 0.05) is 18.2 Å². The molecular formula is C23H27N3O3. The van der Waals surface area contributed by atoms with Crippen LogP contribution in [-0.4, -0.2) is 33.5 Å². The van der Waals surface area contributed by atoms with Crippen LogP contribution >= 0.6 is 0 Å². The van der Waals surface area contributed by atoms with Gasteiger partial charge in [-0.05, 0) is 57.1 Å². The van der Waals surface area contributed by atoms with Crippen LogP contribution in [0.15, 0.2) is 48.9 Å². The summed E-state index contributed by atoms with van der Waals surface area (Å²) in [5.74, 6) is -0.0716. The number of nitrogens with one attached hydrogen (secondary N) is 1. The van der Waals surface area contributed by atoms with Gasteiger partial charge in [-0.15, -0.1) is 0 Å². The van der Waals surface area contributed by atoms with Gasteiger partial charge in [0.2, 0.25) is 0 Å². The lowest BCUT2D eigenvalue weighted by Gasteiger charge is -2.35. The Morgan fingerprint density at radius 2 is 1.83 bits per heavy atom. The van der Waals surface area contributed by atoms with Crippen molar-refractivity contribution in [1.29, 1.82) is 0 Å². The molecule has 1 amide bonds. The van der Waals surface area contributed by atoms with Gasteiger partial charge in [0.1, 0.15) is 17.6 Å². The van der Waals surface area contributed by atoms with Crippen molar-refractivity contribution in [3.8, 4) is 0 Å². The third kappa shape index (κ3) is 4.02. The van der Waals surface area contributed by atoms with E-state index in [1.807, 2.05) is 32.0 Å². The van der Waals surface area contributed by atoms with Crippen molar-refractivity contribution in [2.24, 2.45) is 11.8 Å². The Labute approximate surface area is 171 Å². The molecule has 1 N–H and O–H groups in total. The number of amides is 1. The van der Waals surface area contributed by atoms with Gasteiger partial charge in [-0.25, -0.2) is 9.97 Å². The lowest BCUT2D eigenvalue weighted by atomic mass is 9.68. The minimum atomic E-state index is -0.513. The smallest absolute Gasteiger partial charge is 0.310 e. The van der Waals surface area contributed by atoms with Crippen LogP contribution in [0.2, 0.25) is 0 Å². The molecule has 152 valence electrons. The second-order valence-electron chi connectivity index (χ2n) is 8.62. The van der Waals surface area contributed by atoms with Gasteiger partial charge in [0.05, 0.1) is 5.92 Å². The van der Waals surface area contributed by atoms with Gasteiger partial charge in [-0.2, -0.15) is 0 Å². The quantitative estimate of drug-likeness (QED) is 0.804. The summed E-state index contributed by atoms with van der Waals surface area (Å²) in [7, 11) is 0. The standard InChI is InChI=1S/C23H27N3O3/c1-23(2)20(16-6-4-3-5-7-16)19(22(28)29-23)15-8-10-17(11-9-15)26-21(27)18-12-13-24-14-25-18/h3-7,12-15,17,19-20H,8-11H2,1-2H3,(H,26,27)/t15?,17?,19?,20-/m1/s1. The Kier molecular flexibility index (Phi) is 5.35. The molecule has 1 aliphatic heterocycles. The number of carbonyl (C=O) groups excluding carboxylic acids is 2. The van der Waals surface area contributed by atoms with Gasteiger partial charge in [-0.3, -0.25) is 9.59 Å². The Bertz CT molecular complexity index is 861. The summed E-state index contributed by atoms with van der Waals surface area (Å²) in [6.07, 6.45) is 6.45. The van der Waals surface area contributed by atoms with E-state index in [1.54, 1.807) is 12.3 Å². The zero-order valence-corrected chi connectivity index (χ0v) is 16.9. The summed E-state index contributed by atoms with van der Waals surface area (Å²) in [4.78, 5) is 33.0. The number of benzene rings is 1. The molecule has 2 fully saturated rings. The largest absolute Gasteiger partial charge is 0.459 e. The zero-order chi connectivity index (χ0) is 20.4. The van der Waals surface area contributed by atoms with Crippen LogP contribution in [-0.2, 0) is 9.53 Å². The summed E-state index contributed by atoms with van der Waals surface area (Å²) in [5, 5.41) is 3.07. The molecule has 1 aromatic carbocycles. The van der Waals surface area contributed by atoms with Crippen molar-refractivity contribution in [3.05, 3.63) is 60.2 Å². The molecule has 1 aliphatic carbocycles. The minimum Gasteiger partial charge on any atom is -0.459 e. The van der Waals surface area contributed by atoms with Crippen LogP contribution in [0.3, 0.4) is 0 Å². The van der Waals surface area contributed by atoms with Crippen LogP contribution in [0, 0.1) is 11.8 Å². The maximum absolute atomic E-state index is 12.8. The molecule has 29 heavy (non-hydrogen) atoms. The number of hydrogen-bond acceptors (Lipinski definition) is 5. The number of esters is 1. The number of carbonyl (C=O) groups is 2. The molecule has 1 saturated heterocycles. The third-order valence-electron chi connectivity index (χ3n) is 6.33. The number of aromatic nitrogens is 2. The van der Waals surface area contributed by atoms with Crippen LogP contribution in [0.1, 0.15) is 61.5 Å². The lowest BCUT2D eigenvalue weighted by Crippen LogP contribution is -2.40. The van der Waals surface area contributed by atoms with Crippen molar-refractivity contribution in [1.82, 2.24) is 15.3 Å². The van der Waals surface area contributed by atoms with Crippen molar-refractivity contribution in [2.75, 3.05) is 0 Å². The van der Waals surface area contributed by atoms with Crippen molar-refractivity contribution >= 4 is 11.9 Å². The fourth-order valence-corrected chi connectivity index (χ4v) is 5.00. The summed E-state index contributed by atoms with van der Waals surface area (Å²) in [6, 6.07) is 11.9. The average Bonchev–Trinajstić information content (AvgIpc) is 2.98. The van der Waals surface area contributed by atoms with Gasteiger partial charge in [0.15, 0.2) is 0 Å². The molecule has 0 spiro atoms. The topological polar surface area (TPSA) is 81.2 Å². The fourth-order valence-electron chi connectivity index (χ4n) is 5.00. The highest BCUT2D eigenvalue weighted by atomic mass is 16.6. The highest BCUT2D eigenvalue weighted by Crippen LogP contribution is 2.50. The van der Waals surface area contributed by atoms with Crippen LogP contribution < -0.4 is 5.32 Å². The highest BCUT2D eigenvalue weighted by Gasteiger charge is 2.53. The highest BCUT2D eigenvalue weighted by molar-refractivity contribution is 5.92. The maximum Gasteiger partial charge on any atom is 0.310 e. The molecule has 0 radical (unpaired) electrons. The third-order valence-corrected chi connectivity index (χ3v) is 6.33. The van der Waals surface area contributed by atoms with E-state index in [1.165, 1.54) is 6.33 Å². The van der Waals surface area contributed by atoms with Gasteiger partial charge < -0.3 is 10.1 Å². The molecule has 2 heterocycles. The van der Waals surface area contributed by atoms with Crippen LogP contribution in [0.4, 0.5) is 0 Å². The molecule has 2 aliphatic rings. The number of ether oxygens (including phenoxy) is 1. The average molecular weight is 393 g/mol. The Hall–Kier alpha value is -2.76. The molecule has 6 nitrogen and oxygen atoms in total. The van der Waals surface area contributed by atoms with Crippen molar-refractivity contribution < 1.29 is 14.3 Å². The summed E-state index contributed by atoms with van der Waals surface area (Å²) in [6.45, 7) is 4.02. The molecule has 2 aromatic rings. The van der Waals surface area contributed by atoms with Gasteiger partial charge >= 0.3 is 5.97 Å². The molecule has 1 unspecified atom stereocenters. The van der Waals surface area contributed by atoms with Crippen LogP contribution in [0.25, 0.3) is 0 Å². The molecule has 6 heteroatoms. The monoisotopic (exact) mass is 393 g/mol. The number of rotatable bonds is 4. The normalized spacial score (nSPS) is 28.6. The first-order valence-corrected chi connectivity index (χ1v) is 10.3. The lowest BCUT2D eigenvalue weighted by molar-refractivity contribution is -0.149. The summed E-state index contributed by atoms with van der Waals surface area (Å²) >= 11 is 0. The molecule has 0 bridgehead atoms. The van der Waals surface area contributed by atoms with E-state index in [-0.39, 0.29) is 35.7 Å². The number of cyclic esters (lactones) is 1. The predicted molar refractivity (Wildman–Crippen MR) is 108 cm³/mol. The minimum absolute atomic E-state index is 0.0494. The van der Waals surface area contributed by atoms with E-state index in [9.17, 15) is 9.59 Å². The first-order chi connectivity index (χ1) is 14.0. The van der Waals surface area contributed by atoms with Crippen molar-refractivity contribution in [3.63, 3.8) is 0 Å². The van der Waals surface area contributed by atoms with E-state index in [2.05, 4.69) is 27.4 Å². The van der Waals surface area contributed by atoms with Crippen LogP contribution in [0.5, 0.6) is 0 Å². The van der Waals surface area contributed by atoms with E-state index < -0.39 is 5.60 Å². The number of nitrogens with zero attached hydrogens (tertiary/aromatic N) is 2. The number of hydrogen-bond donors (Lipinski definition) is 1. The van der Waals surface area contributed by atoms with E-state index >= 15 is 0 Å². The maximum atomic E-state index is 12.8. The Morgan fingerprint density at radius 3 is 2.48 bits per heavy atom. The first-order valence-electron chi connectivity index (χ1n) is 10.3. The second kappa shape index (κ2) is 7.93. The Balaban J connectivity index is 1.43. The predicted octanol–water partition coefficient (Wildman–Crippen LogP) is 3.50. The first kappa shape index (κ1) is 19.6. The fraction of sp³-hybridized carbons (Fsp3) is 0.478. The zero-order valence-electron chi connectivity index (χ0n) is 16.9. The van der Waals surface area contributed by atoms with E-state index in [0.29, 0.717) is 5.69 Å². The Morgan fingerprint density at radius 1 is 1.10 bits per heavy atom. The second-order valence-corrected chi connectivity index (χ2v) is 8.62. The molecule has 4 rings (SSSR count). The summed E-state index contributed by atoms with van der Waals surface area (Å²) in [5.41, 5.74) is 1.03. The van der Waals surface area contributed by atoms with Gasteiger partial charge in [0.25, 0.3) is 5.91 Å². The molecular weight excluding hydrogens is 366 g/mol. The molecule has 2 atom stereocenters. The SMILES string of the molecule is CC1(C)OC(=O)C(C2CCC(NC(=O)c3ccncn3)CC2)[C@H]1c1ccccc1. The van der Waals surface area contributed by atoms with Crippen molar-refractivity contribution in [2.45, 2.75) is 57.1 Å². The summed E-state index contributed by atoms with van der Waals surface area (Å²) < 4.78 is 5.81. The van der Waals surface area contributed by atoms with E-state index in [0.717, 1.165) is 31.2 Å². The van der Waals surface area contributed by atoms with Gasteiger partial charge in [-0.1, -0.05) is 30.3 Å². The molecule has 1 aromatic heterocycles. The van der Waals surface area contributed by atoms with E-state index in [4.69, 9.17) is 4.74 Å². The molecule has 1 saturated carbocycles.